The lowest BCUT2D eigenvalue weighted by Crippen LogP contribution is -1.75. The molecule has 0 unspecified atom stereocenters. The van der Waals surface area contributed by atoms with Crippen LogP contribution in [-0.2, 0) is 0 Å². The third kappa shape index (κ3) is 2.87. The molecule has 6 heteroatoms. The first-order valence-electron chi connectivity index (χ1n) is 8.66. The molecular formula is C22H12S6+2. The molecule has 6 aromatic rings. The van der Waals surface area contributed by atoms with Crippen LogP contribution < -0.4 is 0 Å². The molecule has 6 rings (SSSR count). The summed E-state index contributed by atoms with van der Waals surface area (Å²) in [7, 11) is 0. The van der Waals surface area contributed by atoms with Crippen molar-refractivity contribution in [2.75, 3.05) is 0 Å². The molecular weight excluding hydrogens is 457 g/mol. The SMILES string of the molecule is c1ccc2[s+]c(-c3sccc3-c3ccsc3-c3sc4ccccc4[s+]3)sc2c1. The quantitative estimate of drug-likeness (QED) is 0.227. The van der Waals surface area contributed by atoms with E-state index in [4.69, 9.17) is 0 Å². The van der Waals surface area contributed by atoms with Crippen LogP contribution in [0.2, 0.25) is 0 Å². The fraction of sp³-hybridized carbons (Fsp3) is 0. The number of rotatable bonds is 3. The second-order valence-electron chi connectivity index (χ2n) is 6.20. The van der Waals surface area contributed by atoms with Gasteiger partial charge in [-0.25, -0.2) is 0 Å². The van der Waals surface area contributed by atoms with Gasteiger partial charge in [0.2, 0.25) is 0 Å². The summed E-state index contributed by atoms with van der Waals surface area (Å²) in [6, 6.07) is 22.0. The van der Waals surface area contributed by atoms with Crippen molar-refractivity contribution in [3.63, 3.8) is 0 Å². The van der Waals surface area contributed by atoms with Gasteiger partial charge in [0.25, 0.3) is 8.38 Å². The lowest BCUT2D eigenvalue weighted by Gasteiger charge is -1.97. The molecule has 4 heterocycles. The lowest BCUT2D eigenvalue weighted by atomic mass is 10.1. The number of hydrogen-bond acceptors (Lipinski definition) is 4. The van der Waals surface area contributed by atoms with Crippen molar-refractivity contribution < 1.29 is 0 Å². The predicted molar refractivity (Wildman–Crippen MR) is 134 cm³/mol. The number of hydrogen-bond donors (Lipinski definition) is 0. The Morgan fingerprint density at radius 1 is 0.536 bits per heavy atom. The largest absolute Gasteiger partial charge is 0.296 e. The molecule has 0 spiro atoms. The molecule has 0 radical (unpaired) electrons. The molecule has 0 aliphatic rings. The van der Waals surface area contributed by atoms with E-state index in [0.717, 1.165) is 0 Å². The highest BCUT2D eigenvalue weighted by atomic mass is 32.2. The molecule has 28 heavy (non-hydrogen) atoms. The van der Waals surface area contributed by atoms with E-state index in [1.165, 1.54) is 48.1 Å². The van der Waals surface area contributed by atoms with Crippen molar-refractivity contribution in [1.82, 2.24) is 0 Å². The zero-order chi connectivity index (χ0) is 18.5. The lowest BCUT2D eigenvalue weighted by molar-refractivity contribution is 1.84. The van der Waals surface area contributed by atoms with Crippen LogP contribution in [0, 0.1) is 0 Å². The molecule has 2 aromatic carbocycles. The van der Waals surface area contributed by atoms with Crippen molar-refractivity contribution in [3.8, 4) is 29.3 Å². The predicted octanol–water partition coefficient (Wildman–Crippen LogP) is 9.93. The molecule has 0 N–H and O–H groups in total. The third-order valence-electron chi connectivity index (χ3n) is 4.50. The van der Waals surface area contributed by atoms with E-state index in [0.29, 0.717) is 0 Å². The molecule has 4 aromatic heterocycles. The molecule has 0 bridgehead atoms. The summed E-state index contributed by atoms with van der Waals surface area (Å²) >= 11 is 11.4. The molecule has 0 aliphatic carbocycles. The molecule has 0 nitrogen and oxygen atoms in total. The Balaban J connectivity index is 1.50. The van der Waals surface area contributed by atoms with Crippen LogP contribution in [-0.4, -0.2) is 0 Å². The first kappa shape index (κ1) is 17.3. The Labute approximate surface area is 186 Å². The summed E-state index contributed by atoms with van der Waals surface area (Å²) in [6.45, 7) is 0. The normalized spacial score (nSPS) is 11.6. The van der Waals surface area contributed by atoms with E-state index in [-0.39, 0.29) is 0 Å². The molecule has 0 saturated heterocycles. The van der Waals surface area contributed by atoms with Crippen LogP contribution in [0.3, 0.4) is 0 Å². The topological polar surface area (TPSA) is 0 Å². The molecule has 0 amide bonds. The van der Waals surface area contributed by atoms with Crippen LogP contribution in [0.25, 0.3) is 48.1 Å². The van der Waals surface area contributed by atoms with Gasteiger partial charge in [-0.2, -0.15) is 0 Å². The minimum Gasteiger partial charge on any atom is -0.137 e. The van der Waals surface area contributed by atoms with Crippen LogP contribution in [0.4, 0.5) is 0 Å². The Morgan fingerprint density at radius 2 is 1.00 bits per heavy atom. The summed E-state index contributed by atoms with van der Waals surface area (Å²) in [5.74, 6) is 0. The van der Waals surface area contributed by atoms with Gasteiger partial charge in [-0.3, -0.25) is 0 Å². The van der Waals surface area contributed by atoms with E-state index in [1.54, 1.807) is 0 Å². The van der Waals surface area contributed by atoms with Crippen molar-refractivity contribution in [2.24, 2.45) is 0 Å². The number of thiophene rings is 2. The van der Waals surface area contributed by atoms with Gasteiger partial charge in [0, 0.05) is 11.1 Å². The number of fused-ring (bicyclic) bond motifs is 2. The molecule has 134 valence electrons. The van der Waals surface area contributed by atoms with E-state index in [1.807, 2.05) is 68.0 Å². The maximum Gasteiger partial charge on any atom is 0.296 e. The second-order valence-corrected chi connectivity index (χ2v) is 12.8. The highest BCUT2D eigenvalue weighted by molar-refractivity contribution is 7.45. The Morgan fingerprint density at radius 3 is 1.46 bits per heavy atom. The highest BCUT2D eigenvalue weighted by Gasteiger charge is 2.27. The molecule has 0 aliphatic heterocycles. The Kier molecular flexibility index (Phi) is 4.37. The van der Waals surface area contributed by atoms with Crippen LogP contribution in [0.5, 0.6) is 0 Å². The van der Waals surface area contributed by atoms with Gasteiger partial charge in [0.15, 0.2) is 18.8 Å². The summed E-state index contributed by atoms with van der Waals surface area (Å²) < 4.78 is 8.31. The Bertz CT molecular complexity index is 1250. The van der Waals surface area contributed by atoms with Crippen molar-refractivity contribution >= 4 is 86.8 Å². The summed E-state index contributed by atoms with van der Waals surface area (Å²) in [5.41, 5.74) is 2.74. The standard InChI is InChI=1S/C22H12S6/c1-2-6-16-15(5-1)25-21(26-16)19-13(9-11-23-19)14-10-12-24-20(14)22-27-17-7-3-4-8-18(17)28-22/h1-12H/q+2. The fourth-order valence-corrected chi connectivity index (χ4v) is 10.6. The smallest absolute Gasteiger partial charge is 0.137 e. The summed E-state index contributed by atoms with van der Waals surface area (Å²) in [4.78, 5) is 2.80. The van der Waals surface area contributed by atoms with Gasteiger partial charge < -0.3 is 0 Å². The van der Waals surface area contributed by atoms with Crippen molar-refractivity contribution in [2.45, 2.75) is 0 Å². The van der Waals surface area contributed by atoms with E-state index in [2.05, 4.69) is 71.4 Å². The monoisotopic (exact) mass is 468 g/mol. The van der Waals surface area contributed by atoms with Gasteiger partial charge in [-0.05, 0) is 47.2 Å². The third-order valence-corrected chi connectivity index (χ3v) is 12.0. The van der Waals surface area contributed by atoms with Crippen LogP contribution >= 0.6 is 68.0 Å². The van der Waals surface area contributed by atoms with Gasteiger partial charge in [-0.15, -0.1) is 22.7 Å². The summed E-state index contributed by atoms with van der Waals surface area (Å²) in [5, 5.41) is 4.47. The van der Waals surface area contributed by atoms with E-state index < -0.39 is 0 Å². The van der Waals surface area contributed by atoms with E-state index in [9.17, 15) is 0 Å². The first-order valence-corrected chi connectivity index (χ1v) is 13.7. The maximum absolute atomic E-state index is 2.29. The molecule has 0 fully saturated rings. The first-order chi connectivity index (χ1) is 13.9. The van der Waals surface area contributed by atoms with E-state index >= 15 is 0 Å². The van der Waals surface area contributed by atoms with Gasteiger partial charge in [0.05, 0.1) is 45.3 Å². The van der Waals surface area contributed by atoms with Crippen molar-refractivity contribution in [3.05, 3.63) is 71.4 Å². The van der Waals surface area contributed by atoms with Crippen molar-refractivity contribution in [1.29, 1.82) is 0 Å². The van der Waals surface area contributed by atoms with Crippen LogP contribution in [0.1, 0.15) is 0 Å². The number of benzene rings is 2. The minimum atomic E-state index is 1.37. The van der Waals surface area contributed by atoms with Gasteiger partial charge in [-0.1, -0.05) is 24.3 Å². The summed E-state index contributed by atoms with van der Waals surface area (Å²) in [6.07, 6.45) is 0. The zero-order valence-electron chi connectivity index (χ0n) is 14.4. The van der Waals surface area contributed by atoms with Gasteiger partial charge in [0.1, 0.15) is 9.75 Å². The average Bonchev–Trinajstić information content (AvgIpc) is 3.51. The zero-order valence-corrected chi connectivity index (χ0v) is 19.3. The Hall–Kier alpha value is -1.54. The fourth-order valence-electron chi connectivity index (χ4n) is 3.22. The molecule has 0 atom stereocenters. The highest BCUT2D eigenvalue weighted by Crippen LogP contribution is 2.50. The minimum absolute atomic E-state index is 1.37. The second kappa shape index (κ2) is 7.06. The average molecular weight is 469 g/mol. The molecule has 0 saturated carbocycles. The maximum atomic E-state index is 2.29. The van der Waals surface area contributed by atoms with Gasteiger partial charge >= 0.3 is 0 Å². The van der Waals surface area contributed by atoms with Crippen LogP contribution in [0.15, 0.2) is 71.4 Å².